The van der Waals surface area contributed by atoms with Crippen LogP contribution >= 0.6 is 11.3 Å². The van der Waals surface area contributed by atoms with Crippen LogP contribution in [0.4, 0.5) is 5.82 Å². The number of aromatic nitrogens is 2. The summed E-state index contributed by atoms with van der Waals surface area (Å²) < 4.78 is 6.59. The molecule has 3 aromatic rings. The summed E-state index contributed by atoms with van der Waals surface area (Å²) in [6.45, 7) is 0. The van der Waals surface area contributed by atoms with Gasteiger partial charge in [-0.3, -0.25) is 4.57 Å². The average Bonchev–Trinajstić information content (AvgIpc) is 2.85. The molecule has 0 bridgehead atoms. The van der Waals surface area contributed by atoms with E-state index in [0.717, 1.165) is 16.1 Å². The van der Waals surface area contributed by atoms with Crippen molar-refractivity contribution in [2.24, 2.45) is 7.05 Å². The third kappa shape index (κ3) is 1.53. The fourth-order valence-electron chi connectivity index (χ4n) is 1.69. The van der Waals surface area contributed by atoms with E-state index in [9.17, 15) is 4.79 Å². The predicted octanol–water partition coefficient (Wildman–Crippen LogP) is 1.84. The van der Waals surface area contributed by atoms with E-state index in [1.165, 1.54) is 15.9 Å². The van der Waals surface area contributed by atoms with Crippen LogP contribution < -0.4 is 11.5 Å². The third-order valence-corrected chi connectivity index (χ3v) is 3.47. The summed E-state index contributed by atoms with van der Waals surface area (Å²) in [5.41, 5.74) is 7.80. The molecule has 0 unspecified atom stereocenters. The molecule has 17 heavy (non-hydrogen) atoms. The maximum Gasteiger partial charge on any atom is 0.419 e. The molecular formula is C11H9N3O2S. The van der Waals surface area contributed by atoms with E-state index in [4.69, 9.17) is 10.2 Å². The van der Waals surface area contributed by atoms with Crippen molar-refractivity contribution in [2.45, 2.75) is 0 Å². The summed E-state index contributed by atoms with van der Waals surface area (Å²) in [6, 6.07) is 5.54. The Morgan fingerprint density at radius 1 is 1.47 bits per heavy atom. The van der Waals surface area contributed by atoms with Gasteiger partial charge >= 0.3 is 5.76 Å². The van der Waals surface area contributed by atoms with Crippen LogP contribution in [0.25, 0.3) is 21.7 Å². The highest BCUT2D eigenvalue weighted by atomic mass is 32.1. The van der Waals surface area contributed by atoms with Gasteiger partial charge in [0.1, 0.15) is 10.8 Å². The number of aryl methyl sites for hydroxylation is 1. The van der Waals surface area contributed by atoms with Gasteiger partial charge in [-0.15, -0.1) is 11.3 Å². The van der Waals surface area contributed by atoms with Crippen molar-refractivity contribution in [3.05, 3.63) is 34.1 Å². The number of benzene rings is 1. The SMILES string of the molecule is Cn1c(=O)oc2cc(-c3nc(N)cs3)ccc21. The summed E-state index contributed by atoms with van der Waals surface area (Å²) >= 11 is 1.46. The first-order valence-corrected chi connectivity index (χ1v) is 5.84. The number of nitrogens with two attached hydrogens (primary N) is 1. The topological polar surface area (TPSA) is 74.0 Å². The molecule has 2 heterocycles. The largest absolute Gasteiger partial charge is 0.419 e. The number of nitrogen functional groups attached to an aromatic ring is 1. The monoisotopic (exact) mass is 247 g/mol. The second kappa shape index (κ2) is 3.46. The number of anilines is 1. The zero-order valence-corrected chi connectivity index (χ0v) is 9.82. The summed E-state index contributed by atoms with van der Waals surface area (Å²) in [4.78, 5) is 15.5. The summed E-state index contributed by atoms with van der Waals surface area (Å²) in [6.07, 6.45) is 0. The third-order valence-electron chi connectivity index (χ3n) is 2.56. The number of nitrogens with zero attached hydrogens (tertiary/aromatic N) is 2. The molecule has 0 amide bonds. The first kappa shape index (κ1) is 10.1. The van der Waals surface area contributed by atoms with E-state index in [0.29, 0.717) is 11.4 Å². The standard InChI is InChI=1S/C11H9N3O2S/c1-14-7-3-2-6(4-8(7)16-11(14)15)10-13-9(12)5-17-10/h2-5H,12H2,1H3. The quantitative estimate of drug-likeness (QED) is 0.712. The molecule has 0 saturated carbocycles. The fraction of sp³-hybridized carbons (Fsp3) is 0.0909. The highest BCUT2D eigenvalue weighted by molar-refractivity contribution is 7.13. The van der Waals surface area contributed by atoms with E-state index in [2.05, 4.69) is 4.98 Å². The lowest BCUT2D eigenvalue weighted by atomic mass is 10.2. The minimum absolute atomic E-state index is 0.365. The Kier molecular flexibility index (Phi) is 2.05. The lowest BCUT2D eigenvalue weighted by molar-refractivity contribution is 0.528. The zero-order chi connectivity index (χ0) is 12.0. The number of hydrogen-bond acceptors (Lipinski definition) is 5. The van der Waals surface area contributed by atoms with Crippen molar-refractivity contribution in [3.8, 4) is 10.6 Å². The molecule has 5 nitrogen and oxygen atoms in total. The van der Waals surface area contributed by atoms with Gasteiger partial charge in [-0.05, 0) is 18.2 Å². The molecule has 0 aliphatic heterocycles. The summed E-state index contributed by atoms with van der Waals surface area (Å²) in [7, 11) is 1.68. The van der Waals surface area contributed by atoms with Crippen molar-refractivity contribution in [2.75, 3.05) is 5.73 Å². The molecule has 0 radical (unpaired) electrons. The van der Waals surface area contributed by atoms with Gasteiger partial charge in [0, 0.05) is 18.0 Å². The Morgan fingerprint density at radius 3 is 3.00 bits per heavy atom. The molecule has 0 fully saturated rings. The van der Waals surface area contributed by atoms with E-state index in [1.807, 2.05) is 12.1 Å². The Hall–Kier alpha value is -2.08. The Balaban J connectivity index is 2.23. The number of thiazole rings is 1. The van der Waals surface area contributed by atoms with Crippen LogP contribution in [0.2, 0.25) is 0 Å². The second-order valence-electron chi connectivity index (χ2n) is 3.69. The van der Waals surface area contributed by atoms with Gasteiger partial charge in [0.2, 0.25) is 0 Å². The van der Waals surface area contributed by atoms with Crippen LogP contribution in [0, 0.1) is 0 Å². The molecule has 0 atom stereocenters. The highest BCUT2D eigenvalue weighted by Gasteiger charge is 2.09. The van der Waals surface area contributed by atoms with Crippen molar-refractivity contribution in [3.63, 3.8) is 0 Å². The van der Waals surface area contributed by atoms with Crippen LogP contribution in [0.3, 0.4) is 0 Å². The van der Waals surface area contributed by atoms with Gasteiger partial charge in [-0.25, -0.2) is 9.78 Å². The molecule has 6 heteroatoms. The zero-order valence-electron chi connectivity index (χ0n) is 9.01. The molecule has 0 spiro atoms. The van der Waals surface area contributed by atoms with Gasteiger partial charge in [0.15, 0.2) is 5.58 Å². The molecule has 86 valence electrons. The molecular weight excluding hydrogens is 238 g/mol. The first-order valence-electron chi connectivity index (χ1n) is 4.96. The van der Waals surface area contributed by atoms with Crippen LogP contribution in [-0.2, 0) is 7.05 Å². The van der Waals surface area contributed by atoms with Crippen molar-refractivity contribution >= 4 is 28.3 Å². The lowest BCUT2D eigenvalue weighted by Gasteiger charge is -1.96. The van der Waals surface area contributed by atoms with Crippen LogP contribution in [0.15, 0.2) is 32.8 Å². The molecule has 0 aliphatic rings. The highest BCUT2D eigenvalue weighted by Crippen LogP contribution is 2.27. The molecule has 2 N–H and O–H groups in total. The van der Waals surface area contributed by atoms with Crippen LogP contribution in [0.1, 0.15) is 0 Å². The number of hydrogen-bond donors (Lipinski definition) is 1. The van der Waals surface area contributed by atoms with Crippen molar-refractivity contribution in [1.29, 1.82) is 0 Å². The maximum atomic E-state index is 11.4. The Labute approximate surface area is 100 Å². The van der Waals surface area contributed by atoms with Gasteiger partial charge in [-0.1, -0.05) is 0 Å². The second-order valence-corrected chi connectivity index (χ2v) is 4.55. The van der Waals surface area contributed by atoms with E-state index < -0.39 is 0 Å². The Bertz CT molecular complexity index is 754. The minimum Gasteiger partial charge on any atom is -0.408 e. The molecule has 1 aromatic carbocycles. The number of rotatable bonds is 1. The molecule has 0 aliphatic carbocycles. The predicted molar refractivity (Wildman–Crippen MR) is 67.0 cm³/mol. The van der Waals surface area contributed by atoms with Gasteiger partial charge < -0.3 is 10.2 Å². The Morgan fingerprint density at radius 2 is 2.29 bits per heavy atom. The van der Waals surface area contributed by atoms with Crippen LogP contribution in [-0.4, -0.2) is 9.55 Å². The van der Waals surface area contributed by atoms with E-state index in [-0.39, 0.29) is 5.76 Å². The average molecular weight is 247 g/mol. The lowest BCUT2D eigenvalue weighted by Crippen LogP contribution is -2.08. The minimum atomic E-state index is -0.365. The first-order chi connectivity index (χ1) is 8.15. The van der Waals surface area contributed by atoms with Crippen molar-refractivity contribution in [1.82, 2.24) is 9.55 Å². The van der Waals surface area contributed by atoms with E-state index in [1.54, 1.807) is 18.5 Å². The van der Waals surface area contributed by atoms with Crippen molar-refractivity contribution < 1.29 is 4.42 Å². The number of fused-ring (bicyclic) bond motifs is 1. The smallest absolute Gasteiger partial charge is 0.408 e. The maximum absolute atomic E-state index is 11.4. The van der Waals surface area contributed by atoms with Gasteiger partial charge in [0.05, 0.1) is 5.52 Å². The number of oxazole rings is 1. The van der Waals surface area contributed by atoms with Gasteiger partial charge in [0.25, 0.3) is 0 Å². The van der Waals surface area contributed by atoms with Crippen LogP contribution in [0.5, 0.6) is 0 Å². The summed E-state index contributed by atoms with van der Waals surface area (Å²) in [5, 5.41) is 2.59. The normalized spacial score (nSPS) is 11.1. The molecule has 2 aromatic heterocycles. The molecule has 0 saturated heterocycles. The van der Waals surface area contributed by atoms with Gasteiger partial charge in [-0.2, -0.15) is 0 Å². The fourth-order valence-corrected chi connectivity index (χ4v) is 2.39. The van der Waals surface area contributed by atoms with E-state index >= 15 is 0 Å². The summed E-state index contributed by atoms with van der Waals surface area (Å²) in [5.74, 6) is 0.135. The molecule has 3 rings (SSSR count).